The number of nitrogens with zero attached hydrogens (tertiary/aromatic N) is 1. The third kappa shape index (κ3) is 28.9. The highest BCUT2D eigenvalue weighted by molar-refractivity contribution is 6.36. The number of hydrogen-bond donors (Lipinski definition) is 0. The second-order valence-electron chi connectivity index (χ2n) is 12.0. The van der Waals surface area contributed by atoms with E-state index in [9.17, 15) is 0 Å². The molecule has 0 atom stereocenters. The van der Waals surface area contributed by atoms with Crippen LogP contribution in [0.25, 0.3) is 0 Å². The standard InChI is InChI=1S/C33H70NO2Si/c1-6-9-10-11-12-13-14-15-16-17-18-19-20-21-24-27-30-34(4,5)31-28-25-22-23-26-29-32-37-33(35-7-2)36-8-3/h33H,6-32H2,1-5H3/q+1. The Hall–Kier alpha value is 0.0969. The van der Waals surface area contributed by atoms with Crippen LogP contribution >= 0.6 is 0 Å². The summed E-state index contributed by atoms with van der Waals surface area (Å²) in [7, 11) is 5.68. The number of quaternary nitrogens is 1. The van der Waals surface area contributed by atoms with Crippen LogP contribution in [0.4, 0.5) is 0 Å². The van der Waals surface area contributed by atoms with Crippen molar-refractivity contribution in [3.63, 3.8) is 0 Å². The Labute approximate surface area is 237 Å². The van der Waals surface area contributed by atoms with E-state index in [1.165, 1.54) is 165 Å². The molecule has 0 amide bonds. The van der Waals surface area contributed by atoms with Crippen LogP contribution in [0.2, 0.25) is 6.04 Å². The molecule has 4 heteroatoms. The SMILES string of the molecule is CCCCCCCCCCCCCCCCCC[N+](C)(C)CCCCCCCC[Si]C(OCC)OCC. The Morgan fingerprint density at radius 2 is 0.784 bits per heavy atom. The van der Waals surface area contributed by atoms with Crippen molar-refractivity contribution in [3.05, 3.63) is 0 Å². The van der Waals surface area contributed by atoms with Gasteiger partial charge >= 0.3 is 0 Å². The van der Waals surface area contributed by atoms with Gasteiger partial charge in [0.15, 0.2) is 0 Å². The van der Waals surface area contributed by atoms with E-state index in [0.717, 1.165) is 22.7 Å². The molecule has 3 nitrogen and oxygen atoms in total. The van der Waals surface area contributed by atoms with Crippen molar-refractivity contribution in [2.45, 2.75) is 174 Å². The minimum atomic E-state index is 0.0457. The maximum atomic E-state index is 5.65. The molecule has 0 aromatic heterocycles. The molecule has 0 unspecified atom stereocenters. The maximum absolute atomic E-state index is 5.65. The summed E-state index contributed by atoms with van der Waals surface area (Å²) in [6.45, 7) is 10.6. The summed E-state index contributed by atoms with van der Waals surface area (Å²) >= 11 is 0. The van der Waals surface area contributed by atoms with Gasteiger partial charge in [0.05, 0.1) is 27.2 Å². The summed E-state index contributed by atoms with van der Waals surface area (Å²) in [4.78, 5) is 0. The first-order valence-electron chi connectivity index (χ1n) is 16.8. The van der Waals surface area contributed by atoms with Crippen molar-refractivity contribution in [2.24, 2.45) is 0 Å². The van der Waals surface area contributed by atoms with Crippen LogP contribution < -0.4 is 0 Å². The van der Waals surface area contributed by atoms with Crippen molar-refractivity contribution in [1.29, 1.82) is 0 Å². The van der Waals surface area contributed by atoms with E-state index in [1.54, 1.807) is 0 Å². The molecular formula is C33H70NO2Si+. The molecule has 37 heavy (non-hydrogen) atoms. The normalized spacial score (nSPS) is 12.2. The summed E-state index contributed by atoms with van der Waals surface area (Å²) in [5, 5.41) is 0. The van der Waals surface area contributed by atoms with Gasteiger partial charge in [-0.25, -0.2) is 0 Å². The summed E-state index contributed by atoms with van der Waals surface area (Å²) in [5.74, 6) is 0.0457. The molecule has 0 N–H and O–H groups in total. The lowest BCUT2D eigenvalue weighted by molar-refractivity contribution is -0.890. The zero-order valence-electron chi connectivity index (χ0n) is 26.4. The minimum absolute atomic E-state index is 0.0457. The van der Waals surface area contributed by atoms with Gasteiger partial charge in [-0.2, -0.15) is 0 Å². The monoisotopic (exact) mass is 541 g/mol. The van der Waals surface area contributed by atoms with Crippen LogP contribution in [0.3, 0.4) is 0 Å². The van der Waals surface area contributed by atoms with Gasteiger partial charge in [-0.05, 0) is 39.5 Å². The van der Waals surface area contributed by atoms with Crippen LogP contribution in [0.1, 0.15) is 162 Å². The van der Waals surface area contributed by atoms with Crippen molar-refractivity contribution in [1.82, 2.24) is 0 Å². The average Bonchev–Trinajstić information content (AvgIpc) is 2.87. The van der Waals surface area contributed by atoms with E-state index in [-0.39, 0.29) is 5.91 Å². The summed E-state index contributed by atoms with van der Waals surface area (Å²) in [6.07, 6.45) is 31.6. The number of rotatable bonds is 31. The van der Waals surface area contributed by atoms with Crippen molar-refractivity contribution in [3.8, 4) is 0 Å². The molecule has 0 aliphatic heterocycles. The van der Waals surface area contributed by atoms with Crippen LogP contribution in [0, 0.1) is 0 Å². The van der Waals surface area contributed by atoms with E-state index in [4.69, 9.17) is 9.47 Å². The van der Waals surface area contributed by atoms with Crippen molar-refractivity contribution < 1.29 is 14.0 Å². The first kappa shape index (κ1) is 37.1. The first-order chi connectivity index (χ1) is 18.1. The fraction of sp³-hybridized carbons (Fsp3) is 1.00. The molecule has 0 aromatic rings. The van der Waals surface area contributed by atoms with Crippen LogP contribution in [0.15, 0.2) is 0 Å². The lowest BCUT2D eigenvalue weighted by Crippen LogP contribution is -2.41. The van der Waals surface area contributed by atoms with Crippen LogP contribution in [-0.2, 0) is 9.47 Å². The van der Waals surface area contributed by atoms with E-state index in [2.05, 4.69) is 34.9 Å². The molecule has 2 radical (unpaired) electrons. The molecule has 0 rings (SSSR count). The number of unbranched alkanes of at least 4 members (excludes halogenated alkanes) is 20. The lowest BCUT2D eigenvalue weighted by Gasteiger charge is -2.30. The highest BCUT2D eigenvalue weighted by Gasteiger charge is 2.13. The maximum Gasteiger partial charge on any atom is 0.137 e. The lowest BCUT2D eigenvalue weighted by atomic mass is 10.0. The first-order valence-corrected chi connectivity index (χ1v) is 18.1. The Kier molecular flexibility index (Phi) is 29.2. The Bertz CT molecular complexity index is 427. The number of hydrogen-bond acceptors (Lipinski definition) is 2. The Balaban J connectivity index is 3.37. The van der Waals surface area contributed by atoms with Gasteiger partial charge in [0.2, 0.25) is 0 Å². The zero-order valence-corrected chi connectivity index (χ0v) is 27.4. The van der Waals surface area contributed by atoms with Gasteiger partial charge in [-0.3, -0.25) is 0 Å². The predicted octanol–water partition coefficient (Wildman–Crippen LogP) is 10.1. The molecule has 0 aliphatic rings. The van der Waals surface area contributed by atoms with Crippen LogP contribution in [-0.4, -0.2) is 60.3 Å². The topological polar surface area (TPSA) is 18.5 Å². The van der Waals surface area contributed by atoms with Gasteiger partial charge in [0.25, 0.3) is 0 Å². The average molecular weight is 541 g/mol. The number of ether oxygens (including phenoxy) is 2. The van der Waals surface area contributed by atoms with E-state index in [1.807, 2.05) is 0 Å². The smallest absolute Gasteiger partial charge is 0.137 e. The zero-order chi connectivity index (χ0) is 27.3. The predicted molar refractivity (Wildman–Crippen MR) is 167 cm³/mol. The molecule has 0 bridgehead atoms. The molecule has 0 heterocycles. The van der Waals surface area contributed by atoms with Gasteiger partial charge in [-0.15, -0.1) is 0 Å². The van der Waals surface area contributed by atoms with Crippen LogP contribution in [0.5, 0.6) is 0 Å². The highest BCUT2D eigenvalue weighted by atomic mass is 28.2. The Morgan fingerprint density at radius 1 is 0.459 bits per heavy atom. The van der Waals surface area contributed by atoms with Gasteiger partial charge in [0.1, 0.15) is 15.4 Å². The van der Waals surface area contributed by atoms with Crippen molar-refractivity contribution >= 4 is 9.52 Å². The molecule has 0 aromatic carbocycles. The Morgan fingerprint density at radius 3 is 1.14 bits per heavy atom. The molecule has 0 fully saturated rings. The van der Waals surface area contributed by atoms with Gasteiger partial charge < -0.3 is 14.0 Å². The third-order valence-electron chi connectivity index (χ3n) is 7.75. The molecule has 222 valence electrons. The summed E-state index contributed by atoms with van der Waals surface area (Å²) in [5.41, 5.74) is 0. The minimum Gasteiger partial charge on any atom is -0.357 e. The van der Waals surface area contributed by atoms with Gasteiger partial charge in [-0.1, -0.05) is 129 Å². The fourth-order valence-corrected chi connectivity index (χ4v) is 6.52. The molecule has 0 saturated heterocycles. The molecule has 0 saturated carbocycles. The van der Waals surface area contributed by atoms with Gasteiger partial charge in [0, 0.05) is 13.2 Å². The second-order valence-corrected chi connectivity index (χ2v) is 13.4. The summed E-state index contributed by atoms with van der Waals surface area (Å²) in [6, 6.07) is 1.26. The summed E-state index contributed by atoms with van der Waals surface area (Å²) < 4.78 is 12.5. The second kappa shape index (κ2) is 29.1. The van der Waals surface area contributed by atoms with E-state index < -0.39 is 0 Å². The quantitative estimate of drug-likeness (QED) is 0.0377. The molecule has 0 aliphatic carbocycles. The van der Waals surface area contributed by atoms with E-state index >= 15 is 0 Å². The largest absolute Gasteiger partial charge is 0.357 e. The molecule has 0 spiro atoms. The van der Waals surface area contributed by atoms with Crippen molar-refractivity contribution in [2.75, 3.05) is 40.4 Å². The molecular weight excluding hydrogens is 470 g/mol. The highest BCUT2D eigenvalue weighted by Crippen LogP contribution is 2.15. The van der Waals surface area contributed by atoms with E-state index in [0.29, 0.717) is 0 Å². The fourth-order valence-electron chi connectivity index (χ4n) is 5.26. The third-order valence-corrected chi connectivity index (χ3v) is 9.06.